The highest BCUT2D eigenvalue weighted by molar-refractivity contribution is 6.23. The third-order valence-electron chi connectivity index (χ3n) is 4.32. The standard InChI is InChI=1S/C22H28ClNO2/c1-21(2,3)18-11-7-16(8-12-18)15-26-24(23)20(25)17-9-13-19(14-10-17)22(4,5)6/h7-14H,15H2,1-6H3. The normalized spacial score (nSPS) is 12.1. The third kappa shape index (κ3) is 5.33. The second kappa shape index (κ2) is 7.81. The molecule has 0 fully saturated rings. The van der Waals surface area contributed by atoms with Gasteiger partial charge in [-0.15, -0.1) is 4.58 Å². The first-order valence-corrected chi connectivity index (χ1v) is 9.15. The molecular weight excluding hydrogens is 346 g/mol. The van der Waals surface area contributed by atoms with Crippen molar-refractivity contribution in [3.63, 3.8) is 0 Å². The molecule has 0 saturated carbocycles. The van der Waals surface area contributed by atoms with E-state index in [1.54, 1.807) is 12.1 Å². The van der Waals surface area contributed by atoms with Crippen LogP contribution >= 0.6 is 11.8 Å². The van der Waals surface area contributed by atoms with Gasteiger partial charge in [0.1, 0.15) is 6.61 Å². The molecule has 4 heteroatoms. The highest BCUT2D eigenvalue weighted by Gasteiger charge is 2.18. The molecule has 140 valence electrons. The number of hydroxylamine groups is 1. The Bertz CT molecular complexity index is 738. The molecule has 0 unspecified atom stereocenters. The molecule has 3 nitrogen and oxygen atoms in total. The molecule has 0 aromatic heterocycles. The minimum absolute atomic E-state index is 0.0396. The number of hydrogen-bond donors (Lipinski definition) is 0. The molecular formula is C22H28ClNO2. The first-order valence-electron chi connectivity index (χ1n) is 8.81. The second-order valence-electron chi connectivity index (χ2n) is 8.60. The predicted molar refractivity (Wildman–Crippen MR) is 107 cm³/mol. The zero-order chi connectivity index (χ0) is 19.5. The van der Waals surface area contributed by atoms with Crippen molar-refractivity contribution in [2.75, 3.05) is 0 Å². The van der Waals surface area contributed by atoms with Crippen LogP contribution in [0.1, 0.15) is 68.6 Å². The van der Waals surface area contributed by atoms with E-state index < -0.39 is 0 Å². The van der Waals surface area contributed by atoms with E-state index in [1.165, 1.54) is 5.56 Å². The number of carbonyl (C=O) groups excluding carboxylic acids is 1. The predicted octanol–water partition coefficient (Wildman–Crippen LogP) is 6.01. The van der Waals surface area contributed by atoms with Crippen LogP contribution in [0.25, 0.3) is 0 Å². The van der Waals surface area contributed by atoms with Gasteiger partial charge in [0.05, 0.1) is 0 Å². The third-order valence-corrected chi connectivity index (χ3v) is 4.57. The number of rotatable bonds is 4. The van der Waals surface area contributed by atoms with Crippen LogP contribution in [-0.2, 0) is 22.3 Å². The lowest BCUT2D eigenvalue weighted by Gasteiger charge is -2.20. The van der Waals surface area contributed by atoms with E-state index in [2.05, 4.69) is 53.7 Å². The maximum atomic E-state index is 12.4. The number of halogens is 1. The number of benzene rings is 2. The first-order chi connectivity index (χ1) is 12.0. The molecule has 0 radical (unpaired) electrons. The Morgan fingerprint density at radius 3 is 1.69 bits per heavy atom. The van der Waals surface area contributed by atoms with Gasteiger partial charge in [-0.25, -0.2) is 0 Å². The number of amides is 1. The molecule has 0 bridgehead atoms. The van der Waals surface area contributed by atoms with Crippen LogP contribution in [0.15, 0.2) is 48.5 Å². The Hall–Kier alpha value is -1.84. The van der Waals surface area contributed by atoms with E-state index in [0.717, 1.165) is 15.7 Å². The van der Waals surface area contributed by atoms with Crippen molar-refractivity contribution in [1.29, 1.82) is 0 Å². The molecule has 1 amide bonds. The monoisotopic (exact) mass is 373 g/mol. The number of carbonyl (C=O) groups is 1. The van der Waals surface area contributed by atoms with Gasteiger partial charge >= 0.3 is 0 Å². The Morgan fingerprint density at radius 1 is 0.846 bits per heavy atom. The summed E-state index contributed by atoms with van der Waals surface area (Å²) in [5, 5.41) is 0. The average molecular weight is 374 g/mol. The lowest BCUT2D eigenvalue weighted by Crippen LogP contribution is -2.22. The van der Waals surface area contributed by atoms with Crippen molar-refractivity contribution in [2.24, 2.45) is 0 Å². The summed E-state index contributed by atoms with van der Waals surface area (Å²) in [5.74, 6) is -0.376. The zero-order valence-corrected chi connectivity index (χ0v) is 17.2. The van der Waals surface area contributed by atoms with Crippen LogP contribution in [0.5, 0.6) is 0 Å². The SMILES string of the molecule is CC(C)(C)c1ccc(CON(Cl)C(=O)c2ccc(C(C)(C)C)cc2)cc1. The van der Waals surface area contributed by atoms with Gasteiger partial charge in [0.2, 0.25) is 0 Å². The molecule has 0 saturated heterocycles. The van der Waals surface area contributed by atoms with Gasteiger partial charge in [-0.2, -0.15) is 0 Å². The highest BCUT2D eigenvalue weighted by atomic mass is 35.5. The fraction of sp³-hybridized carbons (Fsp3) is 0.409. The highest BCUT2D eigenvalue weighted by Crippen LogP contribution is 2.24. The van der Waals surface area contributed by atoms with Crippen LogP contribution in [0.4, 0.5) is 0 Å². The maximum absolute atomic E-state index is 12.4. The lowest BCUT2D eigenvalue weighted by atomic mass is 9.87. The van der Waals surface area contributed by atoms with Crippen LogP contribution < -0.4 is 0 Å². The molecule has 0 spiro atoms. The topological polar surface area (TPSA) is 29.5 Å². The van der Waals surface area contributed by atoms with Gasteiger partial charge < -0.3 is 0 Å². The molecule has 26 heavy (non-hydrogen) atoms. The Morgan fingerprint density at radius 2 is 1.27 bits per heavy atom. The van der Waals surface area contributed by atoms with E-state index >= 15 is 0 Å². The van der Waals surface area contributed by atoms with Crippen LogP contribution in [0, 0.1) is 0 Å². The molecule has 0 aliphatic heterocycles. The van der Waals surface area contributed by atoms with Crippen LogP contribution in [0.2, 0.25) is 0 Å². The quantitative estimate of drug-likeness (QED) is 0.485. The van der Waals surface area contributed by atoms with E-state index in [0.29, 0.717) is 5.56 Å². The van der Waals surface area contributed by atoms with Gasteiger partial charge in [0, 0.05) is 17.3 Å². The summed E-state index contributed by atoms with van der Waals surface area (Å²) in [7, 11) is 0. The Labute approximate surface area is 162 Å². The van der Waals surface area contributed by atoms with Gasteiger partial charge in [-0.1, -0.05) is 77.9 Å². The zero-order valence-electron chi connectivity index (χ0n) is 16.5. The fourth-order valence-electron chi connectivity index (χ4n) is 2.51. The molecule has 0 heterocycles. The number of hydrogen-bond acceptors (Lipinski definition) is 2. The Kier molecular flexibility index (Phi) is 6.15. The van der Waals surface area contributed by atoms with Gasteiger partial charge in [0.25, 0.3) is 5.91 Å². The molecule has 0 atom stereocenters. The molecule has 2 rings (SSSR count). The van der Waals surface area contributed by atoms with Gasteiger partial charge in [-0.05, 0) is 39.7 Å². The maximum Gasteiger partial charge on any atom is 0.292 e. The van der Waals surface area contributed by atoms with Gasteiger partial charge in [0.15, 0.2) is 0 Å². The van der Waals surface area contributed by atoms with E-state index in [-0.39, 0.29) is 23.3 Å². The molecule has 2 aromatic rings. The Balaban J connectivity index is 1.97. The summed E-state index contributed by atoms with van der Waals surface area (Å²) in [5.41, 5.74) is 4.01. The summed E-state index contributed by atoms with van der Waals surface area (Å²) < 4.78 is 0.782. The lowest BCUT2D eigenvalue weighted by molar-refractivity contribution is -0.0691. The number of nitrogens with zero attached hydrogens (tertiary/aromatic N) is 1. The van der Waals surface area contributed by atoms with Crippen molar-refractivity contribution in [1.82, 2.24) is 4.58 Å². The minimum atomic E-state index is -0.376. The van der Waals surface area contributed by atoms with Crippen molar-refractivity contribution in [3.05, 3.63) is 70.8 Å². The van der Waals surface area contributed by atoms with Crippen molar-refractivity contribution in [3.8, 4) is 0 Å². The van der Waals surface area contributed by atoms with Crippen molar-refractivity contribution < 1.29 is 9.63 Å². The molecule has 2 aromatic carbocycles. The summed E-state index contributed by atoms with van der Waals surface area (Å²) in [6.45, 7) is 13.1. The van der Waals surface area contributed by atoms with Crippen molar-refractivity contribution >= 4 is 17.7 Å². The van der Waals surface area contributed by atoms with Crippen LogP contribution in [0.3, 0.4) is 0 Å². The largest absolute Gasteiger partial charge is 0.292 e. The average Bonchev–Trinajstić information content (AvgIpc) is 2.58. The van der Waals surface area contributed by atoms with E-state index in [1.807, 2.05) is 24.3 Å². The van der Waals surface area contributed by atoms with E-state index in [9.17, 15) is 4.79 Å². The smallest absolute Gasteiger partial charge is 0.265 e. The molecule has 0 aliphatic rings. The minimum Gasteiger partial charge on any atom is -0.265 e. The summed E-state index contributed by atoms with van der Waals surface area (Å²) in [4.78, 5) is 17.8. The summed E-state index contributed by atoms with van der Waals surface area (Å²) in [6.07, 6.45) is 0. The second-order valence-corrected chi connectivity index (χ2v) is 8.90. The summed E-state index contributed by atoms with van der Waals surface area (Å²) in [6, 6.07) is 15.6. The van der Waals surface area contributed by atoms with Gasteiger partial charge in [-0.3, -0.25) is 9.63 Å². The van der Waals surface area contributed by atoms with Crippen molar-refractivity contribution in [2.45, 2.75) is 59.0 Å². The fourth-order valence-corrected chi connectivity index (χ4v) is 2.65. The first kappa shape index (κ1) is 20.5. The van der Waals surface area contributed by atoms with E-state index in [4.69, 9.17) is 16.6 Å². The molecule has 0 N–H and O–H groups in total. The molecule has 0 aliphatic carbocycles. The summed E-state index contributed by atoms with van der Waals surface area (Å²) >= 11 is 6.01. The van der Waals surface area contributed by atoms with Crippen LogP contribution in [-0.4, -0.2) is 10.5 Å².